The van der Waals surface area contributed by atoms with Crippen LogP contribution < -0.4 is 9.62 Å². The average Bonchev–Trinajstić information content (AvgIpc) is 2.74. The Morgan fingerprint density at radius 1 is 1.03 bits per heavy atom. The van der Waals surface area contributed by atoms with Crippen molar-refractivity contribution in [3.63, 3.8) is 0 Å². The number of amides is 2. The Hall–Kier alpha value is -2.07. The third kappa shape index (κ3) is 8.23. The van der Waals surface area contributed by atoms with E-state index in [1.54, 1.807) is 25.1 Å². The molecular weight excluding hydrogens is 552 g/mol. The molecule has 0 bridgehead atoms. The molecule has 0 aliphatic rings. The summed E-state index contributed by atoms with van der Waals surface area (Å²) in [5.41, 5.74) is 0.0429. The second kappa shape index (κ2) is 12.0. The molecule has 198 valence electrons. The third-order valence-electron chi connectivity index (χ3n) is 5.09. The van der Waals surface area contributed by atoms with Gasteiger partial charge in [-0.05, 0) is 63.1 Å². The molecule has 0 saturated carbocycles. The number of sulfonamides is 1. The molecule has 0 aromatic heterocycles. The molecular formula is C24H29Cl3FN3O4S. The van der Waals surface area contributed by atoms with Crippen molar-refractivity contribution in [2.24, 2.45) is 0 Å². The fourth-order valence-electron chi connectivity index (χ4n) is 3.46. The number of rotatable bonds is 9. The first-order valence-corrected chi connectivity index (χ1v) is 14.0. The van der Waals surface area contributed by atoms with Crippen LogP contribution in [0.1, 0.15) is 39.7 Å². The van der Waals surface area contributed by atoms with Gasteiger partial charge in [-0.15, -0.1) is 0 Å². The van der Waals surface area contributed by atoms with Gasteiger partial charge >= 0.3 is 0 Å². The molecule has 2 amide bonds. The van der Waals surface area contributed by atoms with Gasteiger partial charge in [0.1, 0.15) is 18.4 Å². The Kier molecular flexibility index (Phi) is 10.0. The van der Waals surface area contributed by atoms with Gasteiger partial charge in [0.2, 0.25) is 21.8 Å². The van der Waals surface area contributed by atoms with Crippen molar-refractivity contribution < 1.29 is 22.4 Å². The molecule has 0 spiro atoms. The van der Waals surface area contributed by atoms with Gasteiger partial charge in [-0.25, -0.2) is 12.8 Å². The first-order valence-electron chi connectivity index (χ1n) is 11.0. The maximum Gasteiger partial charge on any atom is 0.244 e. The van der Waals surface area contributed by atoms with Gasteiger partial charge in [-0.1, -0.05) is 47.8 Å². The highest BCUT2D eigenvalue weighted by Gasteiger charge is 2.33. The topological polar surface area (TPSA) is 86.8 Å². The number of carbonyl (C=O) groups excluding carboxylic acids is 2. The minimum Gasteiger partial charge on any atom is -0.350 e. The minimum atomic E-state index is -3.98. The van der Waals surface area contributed by atoms with E-state index < -0.39 is 45.8 Å². The summed E-state index contributed by atoms with van der Waals surface area (Å²) >= 11 is 18.0. The zero-order chi connectivity index (χ0) is 27.4. The number of anilines is 1. The average molecular weight is 581 g/mol. The number of hydrogen-bond acceptors (Lipinski definition) is 4. The summed E-state index contributed by atoms with van der Waals surface area (Å²) in [5.74, 6) is -1.77. The zero-order valence-electron chi connectivity index (χ0n) is 20.6. The van der Waals surface area contributed by atoms with Gasteiger partial charge in [-0.3, -0.25) is 13.9 Å². The molecule has 2 aromatic rings. The SMILES string of the molecule is CC[C@@H](C(=O)NC(C)(C)C)N(Cc1ccc(Cl)c(Cl)c1)C(=O)CN(c1ccc(F)c(Cl)c1)S(C)(=O)=O. The lowest BCUT2D eigenvalue weighted by atomic mass is 10.1. The number of nitrogens with one attached hydrogen (secondary N) is 1. The van der Waals surface area contributed by atoms with Crippen LogP contribution in [0, 0.1) is 5.82 Å². The monoisotopic (exact) mass is 579 g/mol. The van der Waals surface area contributed by atoms with Gasteiger partial charge in [-0.2, -0.15) is 0 Å². The van der Waals surface area contributed by atoms with Gasteiger partial charge in [0, 0.05) is 12.1 Å². The smallest absolute Gasteiger partial charge is 0.244 e. The quantitative estimate of drug-likeness (QED) is 0.438. The van der Waals surface area contributed by atoms with Crippen molar-refractivity contribution in [1.82, 2.24) is 10.2 Å². The molecule has 0 radical (unpaired) electrons. The second-order valence-electron chi connectivity index (χ2n) is 9.30. The van der Waals surface area contributed by atoms with Crippen LogP contribution in [-0.4, -0.2) is 49.5 Å². The molecule has 0 fully saturated rings. The third-order valence-corrected chi connectivity index (χ3v) is 7.26. The summed E-state index contributed by atoms with van der Waals surface area (Å²) in [5, 5.41) is 3.17. The van der Waals surface area contributed by atoms with Crippen LogP contribution in [0.15, 0.2) is 36.4 Å². The fourth-order valence-corrected chi connectivity index (χ4v) is 4.80. The fraction of sp³-hybridized carbons (Fsp3) is 0.417. The highest BCUT2D eigenvalue weighted by atomic mass is 35.5. The normalized spacial score (nSPS) is 12.7. The highest BCUT2D eigenvalue weighted by Crippen LogP contribution is 2.26. The van der Waals surface area contributed by atoms with E-state index in [-0.39, 0.29) is 28.7 Å². The van der Waals surface area contributed by atoms with Crippen LogP contribution in [0.3, 0.4) is 0 Å². The van der Waals surface area contributed by atoms with Crippen molar-refractivity contribution in [3.8, 4) is 0 Å². The Bertz CT molecular complexity index is 1240. The maximum absolute atomic E-state index is 13.7. The summed E-state index contributed by atoms with van der Waals surface area (Å²) in [7, 11) is -3.98. The van der Waals surface area contributed by atoms with Crippen molar-refractivity contribution in [2.75, 3.05) is 17.1 Å². The first kappa shape index (κ1) is 30.2. The zero-order valence-corrected chi connectivity index (χ0v) is 23.7. The molecule has 1 N–H and O–H groups in total. The molecule has 0 heterocycles. The maximum atomic E-state index is 13.7. The largest absolute Gasteiger partial charge is 0.350 e. The molecule has 0 unspecified atom stereocenters. The van der Waals surface area contributed by atoms with Gasteiger partial charge in [0.15, 0.2) is 0 Å². The van der Waals surface area contributed by atoms with Crippen LogP contribution in [0.25, 0.3) is 0 Å². The Balaban J connectivity index is 2.50. The van der Waals surface area contributed by atoms with E-state index in [2.05, 4.69) is 5.32 Å². The summed E-state index contributed by atoms with van der Waals surface area (Å²) in [6.07, 6.45) is 1.18. The summed E-state index contributed by atoms with van der Waals surface area (Å²) in [6, 6.07) is 7.25. The minimum absolute atomic E-state index is 0.0129. The number of benzene rings is 2. The molecule has 7 nitrogen and oxygen atoms in total. The molecule has 2 aromatic carbocycles. The van der Waals surface area contributed by atoms with Gasteiger partial charge in [0.05, 0.1) is 27.0 Å². The van der Waals surface area contributed by atoms with Crippen molar-refractivity contribution in [3.05, 3.63) is 62.8 Å². The van der Waals surface area contributed by atoms with E-state index in [1.165, 1.54) is 11.0 Å². The van der Waals surface area contributed by atoms with Crippen molar-refractivity contribution in [2.45, 2.75) is 52.2 Å². The van der Waals surface area contributed by atoms with Crippen LogP contribution in [0.2, 0.25) is 15.1 Å². The Morgan fingerprint density at radius 3 is 2.17 bits per heavy atom. The summed E-state index contributed by atoms with van der Waals surface area (Å²) in [6.45, 7) is 6.51. The van der Waals surface area contributed by atoms with E-state index >= 15 is 0 Å². The van der Waals surface area contributed by atoms with Crippen molar-refractivity contribution >= 4 is 62.3 Å². The van der Waals surface area contributed by atoms with E-state index in [0.717, 1.165) is 22.7 Å². The van der Waals surface area contributed by atoms with Crippen LogP contribution in [-0.2, 0) is 26.2 Å². The number of hydrogen-bond donors (Lipinski definition) is 1. The van der Waals surface area contributed by atoms with E-state index in [4.69, 9.17) is 34.8 Å². The number of halogens is 4. The number of nitrogens with zero attached hydrogens (tertiary/aromatic N) is 2. The van der Waals surface area contributed by atoms with E-state index in [9.17, 15) is 22.4 Å². The molecule has 36 heavy (non-hydrogen) atoms. The number of carbonyl (C=O) groups is 2. The van der Waals surface area contributed by atoms with E-state index in [1.807, 2.05) is 20.8 Å². The highest BCUT2D eigenvalue weighted by molar-refractivity contribution is 7.92. The van der Waals surface area contributed by atoms with E-state index in [0.29, 0.717) is 10.6 Å². The second-order valence-corrected chi connectivity index (χ2v) is 12.4. The standard InChI is InChI=1S/C24H29Cl3FN3O4S/c1-6-21(23(33)29-24(2,3)4)30(13-15-7-9-17(25)18(26)11-15)22(32)14-31(36(5,34)35)16-8-10-20(28)19(27)12-16/h7-12,21H,6,13-14H2,1-5H3,(H,29,33)/t21-/m0/s1. The molecule has 0 aliphatic carbocycles. The molecule has 0 saturated heterocycles. The van der Waals surface area contributed by atoms with Gasteiger partial charge < -0.3 is 10.2 Å². The Labute approximate surface area is 226 Å². The molecule has 2 rings (SSSR count). The molecule has 0 aliphatic heterocycles. The van der Waals surface area contributed by atoms with Gasteiger partial charge in [0.25, 0.3) is 0 Å². The van der Waals surface area contributed by atoms with Crippen molar-refractivity contribution in [1.29, 1.82) is 0 Å². The first-order chi connectivity index (χ1) is 16.5. The lowest BCUT2D eigenvalue weighted by Crippen LogP contribution is -2.55. The van der Waals surface area contributed by atoms with Crippen LogP contribution >= 0.6 is 34.8 Å². The molecule has 1 atom stereocenters. The predicted molar refractivity (Wildman–Crippen MR) is 143 cm³/mol. The molecule has 12 heteroatoms. The Morgan fingerprint density at radius 2 is 1.67 bits per heavy atom. The summed E-state index contributed by atoms with van der Waals surface area (Å²) in [4.78, 5) is 28.1. The summed E-state index contributed by atoms with van der Waals surface area (Å²) < 4.78 is 39.7. The van der Waals surface area contributed by atoms with Crippen LogP contribution in [0.5, 0.6) is 0 Å². The lowest BCUT2D eigenvalue weighted by molar-refractivity contribution is -0.141. The predicted octanol–water partition coefficient (Wildman–Crippen LogP) is 5.27. The van der Waals surface area contributed by atoms with Crippen LogP contribution in [0.4, 0.5) is 10.1 Å². The lowest BCUT2D eigenvalue weighted by Gasteiger charge is -2.34.